The highest BCUT2D eigenvalue weighted by atomic mass is 32.1. The van der Waals surface area contributed by atoms with Crippen LogP contribution in [0.1, 0.15) is 11.9 Å². The van der Waals surface area contributed by atoms with E-state index in [1.54, 1.807) is 23.2 Å². The Balaban J connectivity index is 1.40. The molecule has 0 saturated carbocycles. The van der Waals surface area contributed by atoms with Crippen LogP contribution in [-0.4, -0.2) is 30.1 Å². The van der Waals surface area contributed by atoms with Crippen molar-refractivity contribution in [1.29, 1.82) is 0 Å². The third-order valence-electron chi connectivity index (χ3n) is 5.40. The average molecular weight is 431 g/mol. The van der Waals surface area contributed by atoms with E-state index >= 15 is 0 Å². The van der Waals surface area contributed by atoms with E-state index in [1.165, 1.54) is 0 Å². The van der Waals surface area contributed by atoms with Crippen LogP contribution in [0.2, 0.25) is 0 Å². The fraction of sp³-hybridized carbons (Fsp3) is 0.200. The molecule has 0 radical (unpaired) electrons. The van der Waals surface area contributed by atoms with Crippen LogP contribution in [0.15, 0.2) is 66.0 Å². The number of hydrogen-bond donors (Lipinski definition) is 0. The molecule has 1 aromatic heterocycles. The Kier molecular flexibility index (Phi) is 5.08. The van der Waals surface area contributed by atoms with Crippen molar-refractivity contribution >= 4 is 33.7 Å². The van der Waals surface area contributed by atoms with Gasteiger partial charge in [0.15, 0.2) is 6.10 Å². The highest BCUT2D eigenvalue weighted by Crippen LogP contribution is 2.37. The first-order valence-electron chi connectivity index (χ1n) is 10.3. The van der Waals surface area contributed by atoms with E-state index in [1.807, 2.05) is 60.8 Å². The summed E-state index contributed by atoms with van der Waals surface area (Å²) in [5.41, 5.74) is 2.63. The summed E-state index contributed by atoms with van der Waals surface area (Å²) >= 11 is 1.61. The van der Waals surface area contributed by atoms with E-state index in [-0.39, 0.29) is 5.91 Å². The molecule has 0 aliphatic carbocycles. The molecule has 0 spiro atoms. The van der Waals surface area contributed by atoms with E-state index in [9.17, 15) is 4.79 Å². The zero-order chi connectivity index (χ0) is 21.4. The summed E-state index contributed by atoms with van der Waals surface area (Å²) in [7, 11) is 0. The molecule has 5 nitrogen and oxygen atoms in total. The van der Waals surface area contributed by atoms with Crippen LogP contribution in [0, 0.1) is 6.92 Å². The first kappa shape index (κ1) is 19.6. The lowest BCUT2D eigenvalue weighted by Crippen LogP contribution is -2.46. The molecule has 5 rings (SSSR count). The number of fused-ring (bicyclic) bond motifs is 2. The molecule has 0 bridgehead atoms. The zero-order valence-corrected chi connectivity index (χ0v) is 18.2. The largest absolute Gasteiger partial charge is 0.491 e. The van der Waals surface area contributed by atoms with Crippen molar-refractivity contribution in [3.8, 4) is 22.8 Å². The molecule has 156 valence electrons. The summed E-state index contributed by atoms with van der Waals surface area (Å²) in [5.74, 6) is 1.45. The summed E-state index contributed by atoms with van der Waals surface area (Å²) in [6.07, 6.45) is -0.530. The predicted molar refractivity (Wildman–Crippen MR) is 124 cm³/mol. The lowest BCUT2D eigenvalue weighted by Gasteiger charge is -2.33. The van der Waals surface area contributed by atoms with Gasteiger partial charge >= 0.3 is 0 Å². The van der Waals surface area contributed by atoms with Crippen LogP contribution in [0.3, 0.4) is 0 Å². The first-order chi connectivity index (χ1) is 15.1. The van der Waals surface area contributed by atoms with E-state index < -0.39 is 6.10 Å². The van der Waals surface area contributed by atoms with Gasteiger partial charge in [0.05, 0.1) is 22.9 Å². The fourth-order valence-corrected chi connectivity index (χ4v) is 4.48. The number of nitrogens with zero attached hydrogens (tertiary/aromatic N) is 2. The predicted octanol–water partition coefficient (Wildman–Crippen LogP) is 5.46. The topological polar surface area (TPSA) is 51.7 Å². The number of aromatic nitrogens is 1. The van der Waals surface area contributed by atoms with E-state index in [2.05, 4.69) is 17.1 Å². The van der Waals surface area contributed by atoms with Gasteiger partial charge in [-0.1, -0.05) is 36.4 Å². The third-order valence-corrected chi connectivity index (χ3v) is 6.18. The van der Waals surface area contributed by atoms with Crippen molar-refractivity contribution in [2.45, 2.75) is 20.0 Å². The Morgan fingerprint density at radius 1 is 1.13 bits per heavy atom. The minimum absolute atomic E-state index is 0.0689. The van der Waals surface area contributed by atoms with Crippen LogP contribution in [0.25, 0.3) is 22.0 Å². The van der Waals surface area contributed by atoms with Gasteiger partial charge in [-0.15, -0.1) is 11.3 Å². The zero-order valence-electron chi connectivity index (χ0n) is 17.4. The smallest absolute Gasteiger partial charge is 0.267 e. The van der Waals surface area contributed by atoms with Crippen molar-refractivity contribution < 1.29 is 14.3 Å². The molecule has 6 heteroatoms. The van der Waals surface area contributed by atoms with Gasteiger partial charge in [0, 0.05) is 16.3 Å². The Morgan fingerprint density at radius 2 is 1.97 bits per heavy atom. The number of thiazole rings is 1. The Hall–Kier alpha value is -3.38. The quantitative estimate of drug-likeness (QED) is 0.422. The lowest BCUT2D eigenvalue weighted by atomic mass is 10.1. The van der Waals surface area contributed by atoms with E-state index in [0.29, 0.717) is 18.9 Å². The van der Waals surface area contributed by atoms with Crippen molar-refractivity contribution in [2.24, 2.45) is 0 Å². The molecule has 1 aliphatic rings. The molecule has 1 amide bonds. The van der Waals surface area contributed by atoms with Crippen molar-refractivity contribution in [3.63, 3.8) is 0 Å². The SMILES string of the molecule is Cc1nc(-c2ccc3c(c2)N(CCOc2cccc4ccccc24)C(=O)C(C)O3)cs1. The second kappa shape index (κ2) is 8.04. The standard InChI is InChI=1S/C25H22N2O3S/c1-16-25(28)27(12-13-29-23-9-5-7-18-6-3-4-8-20(18)23)22-14-19(10-11-24(22)30-16)21-15-31-17(2)26-21/h3-11,14-16H,12-13H2,1-2H3. The van der Waals surface area contributed by atoms with Crippen molar-refractivity contribution in [3.05, 3.63) is 71.1 Å². The van der Waals surface area contributed by atoms with Gasteiger partial charge in [-0.05, 0) is 43.5 Å². The van der Waals surface area contributed by atoms with Gasteiger partial charge in [-0.2, -0.15) is 0 Å². The second-order valence-corrected chi connectivity index (χ2v) is 8.57. The number of hydrogen-bond acceptors (Lipinski definition) is 5. The number of carbonyl (C=O) groups excluding carboxylic acids is 1. The van der Waals surface area contributed by atoms with Gasteiger partial charge < -0.3 is 14.4 Å². The minimum Gasteiger partial charge on any atom is -0.491 e. The number of anilines is 1. The molecule has 31 heavy (non-hydrogen) atoms. The number of aryl methyl sites for hydroxylation is 1. The summed E-state index contributed by atoms with van der Waals surface area (Å²) in [6.45, 7) is 4.58. The number of ether oxygens (including phenoxy) is 2. The maximum atomic E-state index is 12.9. The number of carbonyl (C=O) groups is 1. The highest BCUT2D eigenvalue weighted by molar-refractivity contribution is 7.09. The third kappa shape index (κ3) is 3.75. The van der Waals surface area contributed by atoms with Gasteiger partial charge in [0.25, 0.3) is 5.91 Å². The number of rotatable bonds is 5. The fourth-order valence-electron chi connectivity index (χ4n) is 3.86. The summed E-state index contributed by atoms with van der Waals surface area (Å²) in [4.78, 5) is 19.3. The number of benzene rings is 3. The lowest BCUT2D eigenvalue weighted by molar-refractivity contribution is -0.125. The molecule has 4 aromatic rings. The monoisotopic (exact) mass is 430 g/mol. The number of amides is 1. The van der Waals surface area contributed by atoms with Gasteiger partial charge in [-0.3, -0.25) is 4.79 Å². The first-order valence-corrected chi connectivity index (χ1v) is 11.1. The van der Waals surface area contributed by atoms with E-state index in [0.717, 1.165) is 38.5 Å². The Bertz CT molecular complexity index is 1260. The van der Waals surface area contributed by atoms with Crippen LogP contribution >= 0.6 is 11.3 Å². The molecular weight excluding hydrogens is 408 g/mol. The van der Waals surface area contributed by atoms with Crippen molar-refractivity contribution in [2.75, 3.05) is 18.1 Å². The highest BCUT2D eigenvalue weighted by Gasteiger charge is 2.31. The minimum atomic E-state index is -0.530. The molecule has 1 unspecified atom stereocenters. The Labute approximate surface area is 184 Å². The molecule has 1 aliphatic heterocycles. The van der Waals surface area contributed by atoms with Crippen LogP contribution in [0.5, 0.6) is 11.5 Å². The van der Waals surface area contributed by atoms with Gasteiger partial charge in [0.1, 0.15) is 18.1 Å². The molecule has 2 heterocycles. The van der Waals surface area contributed by atoms with Crippen LogP contribution in [0.4, 0.5) is 5.69 Å². The molecule has 0 saturated heterocycles. The maximum absolute atomic E-state index is 12.9. The second-order valence-electron chi connectivity index (χ2n) is 7.51. The van der Waals surface area contributed by atoms with Gasteiger partial charge in [-0.25, -0.2) is 4.98 Å². The van der Waals surface area contributed by atoms with E-state index in [4.69, 9.17) is 9.47 Å². The summed E-state index contributed by atoms with van der Waals surface area (Å²) in [6, 6.07) is 20.0. The van der Waals surface area contributed by atoms with Crippen LogP contribution in [-0.2, 0) is 4.79 Å². The molecule has 0 N–H and O–H groups in total. The van der Waals surface area contributed by atoms with Crippen LogP contribution < -0.4 is 14.4 Å². The molecule has 1 atom stereocenters. The van der Waals surface area contributed by atoms with Gasteiger partial charge in [0.2, 0.25) is 0 Å². The normalized spacial score (nSPS) is 15.6. The Morgan fingerprint density at radius 3 is 2.81 bits per heavy atom. The van der Waals surface area contributed by atoms with Crippen molar-refractivity contribution in [1.82, 2.24) is 4.98 Å². The molecular formula is C25H22N2O3S. The average Bonchev–Trinajstić information content (AvgIpc) is 3.22. The molecule has 0 fully saturated rings. The maximum Gasteiger partial charge on any atom is 0.267 e. The summed E-state index contributed by atoms with van der Waals surface area (Å²) in [5, 5.41) is 5.23. The molecule has 3 aromatic carbocycles. The summed E-state index contributed by atoms with van der Waals surface area (Å²) < 4.78 is 11.9.